The van der Waals surface area contributed by atoms with E-state index in [9.17, 15) is 4.79 Å². The normalized spacial score (nSPS) is 31.7. The lowest BCUT2D eigenvalue weighted by Gasteiger charge is -2.28. The molecule has 0 spiro atoms. The molecule has 1 aliphatic carbocycles. The van der Waals surface area contributed by atoms with E-state index in [1.165, 1.54) is 25.3 Å². The van der Waals surface area contributed by atoms with Crippen LogP contribution in [0.5, 0.6) is 0 Å². The van der Waals surface area contributed by atoms with Crippen LogP contribution in [0.3, 0.4) is 0 Å². The molecule has 1 rings (SSSR count). The topological polar surface area (TPSA) is 26.3 Å². The number of hydrogen-bond donors (Lipinski definition) is 0. The van der Waals surface area contributed by atoms with Crippen LogP contribution in [0.25, 0.3) is 0 Å². The Morgan fingerprint density at radius 2 is 2.05 bits per heavy atom. The molecule has 0 aromatic carbocycles. The van der Waals surface area contributed by atoms with Gasteiger partial charge in [0.15, 0.2) is 0 Å². The summed E-state index contributed by atoms with van der Waals surface area (Å²) >= 11 is 0. The number of carbonyl (C=O) groups excluding carboxylic acids is 1. The summed E-state index contributed by atoms with van der Waals surface area (Å²) in [5.74, 6) is 0.324. The highest BCUT2D eigenvalue weighted by atomic mass is 16.5. The fraction of sp³-hybridized carbons (Fsp3) is 0.824. The van der Waals surface area contributed by atoms with Crippen LogP contribution in [0.15, 0.2) is 11.6 Å². The van der Waals surface area contributed by atoms with Gasteiger partial charge in [0.2, 0.25) is 0 Å². The Morgan fingerprint density at radius 3 is 2.68 bits per heavy atom. The molecule has 1 aliphatic rings. The number of ether oxygens (including phenoxy) is 1. The Hall–Kier alpha value is -0.790. The van der Waals surface area contributed by atoms with E-state index < -0.39 is 0 Å². The van der Waals surface area contributed by atoms with Crippen LogP contribution in [0, 0.1) is 11.3 Å². The van der Waals surface area contributed by atoms with Gasteiger partial charge in [0.1, 0.15) is 6.10 Å². The largest absolute Gasteiger partial charge is 0.462 e. The van der Waals surface area contributed by atoms with E-state index in [1.807, 2.05) is 0 Å². The van der Waals surface area contributed by atoms with Crippen LogP contribution in [0.2, 0.25) is 0 Å². The summed E-state index contributed by atoms with van der Waals surface area (Å²) in [6.07, 6.45) is 9.23. The van der Waals surface area contributed by atoms with Crippen LogP contribution >= 0.6 is 0 Å². The van der Waals surface area contributed by atoms with E-state index in [-0.39, 0.29) is 12.1 Å². The van der Waals surface area contributed by atoms with Gasteiger partial charge in [0.05, 0.1) is 0 Å². The number of carbonyl (C=O) groups is 1. The first-order valence-corrected chi connectivity index (χ1v) is 7.63. The maximum absolute atomic E-state index is 11.3. The van der Waals surface area contributed by atoms with Crippen molar-refractivity contribution in [2.45, 2.75) is 79.2 Å². The predicted molar refractivity (Wildman–Crippen MR) is 80.0 cm³/mol. The van der Waals surface area contributed by atoms with Gasteiger partial charge in [0.25, 0.3) is 0 Å². The summed E-state index contributed by atoms with van der Waals surface area (Å²) in [7, 11) is 0. The molecule has 2 nitrogen and oxygen atoms in total. The van der Waals surface area contributed by atoms with Crippen LogP contribution in [0.1, 0.15) is 73.1 Å². The molecule has 2 heteroatoms. The van der Waals surface area contributed by atoms with Crippen molar-refractivity contribution in [1.29, 1.82) is 0 Å². The lowest BCUT2D eigenvalue weighted by molar-refractivity contribution is -0.149. The highest BCUT2D eigenvalue weighted by molar-refractivity contribution is 5.66. The average molecular weight is 266 g/mol. The third-order valence-corrected chi connectivity index (χ3v) is 4.29. The second-order valence-electron chi connectivity index (χ2n) is 6.97. The number of rotatable bonds is 1. The number of hydrogen-bond acceptors (Lipinski definition) is 2. The van der Waals surface area contributed by atoms with Crippen LogP contribution in [-0.4, -0.2) is 12.1 Å². The van der Waals surface area contributed by atoms with Gasteiger partial charge in [-0.1, -0.05) is 32.4 Å². The molecule has 0 N–H and O–H groups in total. The Kier molecular flexibility index (Phi) is 6.09. The predicted octanol–water partition coefficient (Wildman–Crippen LogP) is 4.88. The summed E-state index contributed by atoms with van der Waals surface area (Å²) in [5, 5.41) is 0. The van der Waals surface area contributed by atoms with E-state index >= 15 is 0 Å². The van der Waals surface area contributed by atoms with Crippen molar-refractivity contribution in [2.75, 3.05) is 0 Å². The molecule has 0 amide bonds. The summed E-state index contributed by atoms with van der Waals surface area (Å²) in [5.41, 5.74) is 1.80. The Balaban J connectivity index is 2.75. The highest BCUT2D eigenvalue weighted by Gasteiger charge is 2.25. The van der Waals surface area contributed by atoms with Gasteiger partial charge in [-0.15, -0.1) is 0 Å². The molecule has 0 bridgehead atoms. The number of esters is 1. The molecule has 19 heavy (non-hydrogen) atoms. The van der Waals surface area contributed by atoms with E-state index in [0.29, 0.717) is 11.3 Å². The van der Waals surface area contributed by atoms with Gasteiger partial charge in [-0.2, -0.15) is 0 Å². The first kappa shape index (κ1) is 16.3. The van der Waals surface area contributed by atoms with Crippen molar-refractivity contribution in [1.82, 2.24) is 0 Å². The van der Waals surface area contributed by atoms with Crippen LogP contribution in [-0.2, 0) is 9.53 Å². The summed E-state index contributed by atoms with van der Waals surface area (Å²) < 4.78 is 5.54. The zero-order valence-corrected chi connectivity index (χ0v) is 13.3. The second kappa shape index (κ2) is 7.12. The Labute approximate surface area is 118 Å². The van der Waals surface area contributed by atoms with Crippen molar-refractivity contribution in [3.05, 3.63) is 11.6 Å². The van der Waals surface area contributed by atoms with Gasteiger partial charge in [-0.25, -0.2) is 0 Å². The van der Waals surface area contributed by atoms with Gasteiger partial charge in [-0.3, -0.25) is 4.79 Å². The molecular formula is C17H30O2. The third kappa shape index (κ3) is 6.26. The quantitative estimate of drug-likeness (QED) is 0.499. The first-order valence-electron chi connectivity index (χ1n) is 7.63. The van der Waals surface area contributed by atoms with Crippen LogP contribution in [0.4, 0.5) is 0 Å². The molecule has 0 saturated carbocycles. The number of allylic oxidation sites excluding steroid dienone is 2. The summed E-state index contributed by atoms with van der Waals surface area (Å²) in [4.78, 5) is 11.3. The SMILES string of the molecule is CC(=O)O[C@H]1CCC(C)(C)C/C=C(/C)CCC[C@@H]1C. The first-order chi connectivity index (χ1) is 8.80. The molecule has 0 fully saturated rings. The molecule has 0 unspecified atom stereocenters. The molecule has 0 heterocycles. The standard InChI is InChI=1S/C17H30O2/c1-13-7-6-8-14(2)16(19-15(3)18)10-12-17(4,5)11-9-13/h9,14,16H,6-8,10-12H2,1-5H3/b13-9-/t14-,16-/m0/s1. The van der Waals surface area contributed by atoms with Gasteiger partial charge < -0.3 is 4.74 Å². The molecule has 0 aliphatic heterocycles. The molecule has 2 atom stereocenters. The molecule has 0 saturated heterocycles. The molecule has 0 aromatic heterocycles. The fourth-order valence-electron chi connectivity index (χ4n) is 2.75. The van der Waals surface area contributed by atoms with Crippen molar-refractivity contribution in [3.8, 4) is 0 Å². The molecular weight excluding hydrogens is 236 g/mol. The lowest BCUT2D eigenvalue weighted by Crippen LogP contribution is -2.26. The monoisotopic (exact) mass is 266 g/mol. The van der Waals surface area contributed by atoms with Crippen molar-refractivity contribution in [2.24, 2.45) is 11.3 Å². The second-order valence-corrected chi connectivity index (χ2v) is 6.97. The highest BCUT2D eigenvalue weighted by Crippen LogP contribution is 2.32. The van der Waals surface area contributed by atoms with E-state index in [1.54, 1.807) is 0 Å². The van der Waals surface area contributed by atoms with Crippen LogP contribution < -0.4 is 0 Å². The smallest absolute Gasteiger partial charge is 0.302 e. The molecule has 0 aromatic rings. The molecule has 0 radical (unpaired) electrons. The average Bonchev–Trinajstić information content (AvgIpc) is 2.32. The summed E-state index contributed by atoms with van der Waals surface area (Å²) in [6, 6.07) is 0. The van der Waals surface area contributed by atoms with Gasteiger partial charge >= 0.3 is 5.97 Å². The van der Waals surface area contributed by atoms with E-state index in [0.717, 1.165) is 25.7 Å². The van der Waals surface area contributed by atoms with Crippen molar-refractivity contribution in [3.63, 3.8) is 0 Å². The van der Waals surface area contributed by atoms with E-state index in [2.05, 4.69) is 33.8 Å². The zero-order valence-electron chi connectivity index (χ0n) is 13.3. The Bertz CT molecular complexity index is 328. The lowest BCUT2D eigenvalue weighted by atomic mass is 9.81. The maximum atomic E-state index is 11.3. The minimum atomic E-state index is -0.140. The fourth-order valence-corrected chi connectivity index (χ4v) is 2.75. The van der Waals surface area contributed by atoms with E-state index in [4.69, 9.17) is 4.74 Å². The minimum absolute atomic E-state index is 0.0928. The van der Waals surface area contributed by atoms with Crippen molar-refractivity contribution < 1.29 is 9.53 Å². The molecule has 110 valence electrons. The van der Waals surface area contributed by atoms with Gasteiger partial charge in [-0.05, 0) is 56.8 Å². The minimum Gasteiger partial charge on any atom is -0.462 e. The summed E-state index contributed by atoms with van der Waals surface area (Å²) in [6.45, 7) is 10.6. The zero-order chi connectivity index (χ0) is 14.5. The van der Waals surface area contributed by atoms with Crippen molar-refractivity contribution >= 4 is 5.97 Å². The maximum Gasteiger partial charge on any atom is 0.302 e. The Morgan fingerprint density at radius 1 is 1.37 bits per heavy atom. The third-order valence-electron chi connectivity index (χ3n) is 4.29. The van der Waals surface area contributed by atoms with Gasteiger partial charge in [0, 0.05) is 6.92 Å².